The number of carbonyl (C=O) groups is 1. The summed E-state index contributed by atoms with van der Waals surface area (Å²) in [6.45, 7) is 9.31. The Morgan fingerprint density at radius 3 is 2.35 bits per heavy atom. The number of carbonyl (C=O) groups excluding carboxylic acids is 1. The minimum absolute atomic E-state index is 0.0347. The van der Waals surface area contributed by atoms with E-state index < -0.39 is 14.9 Å². The molecule has 2 rings (SSSR count). The molecule has 0 unspecified atom stereocenters. The summed E-state index contributed by atoms with van der Waals surface area (Å²) in [6, 6.07) is 2.51. The largest absolute Gasteiger partial charge is 0.355 e. The van der Waals surface area contributed by atoms with Gasteiger partial charge in [-0.2, -0.15) is 4.31 Å². The highest BCUT2D eigenvalue weighted by Gasteiger charge is 2.34. The number of hydrogen-bond donors (Lipinski definition) is 1. The average Bonchev–Trinajstić information content (AvgIpc) is 2.67. The highest BCUT2D eigenvalue weighted by molar-refractivity contribution is 7.89. The first kappa shape index (κ1) is 25.2. The normalized spacial score (nSPS) is 16.5. The molecule has 0 saturated carbocycles. The number of nitrogens with zero attached hydrogens (tertiary/aromatic N) is 3. The number of benzene rings is 1. The number of non-ortho nitro benzene ring substituents is 1. The molecule has 9 nitrogen and oxygen atoms in total. The molecule has 174 valence electrons. The number of nitro benzene ring substituents is 1. The molecule has 0 atom stereocenters. The molecule has 1 N–H and O–H groups in total. The van der Waals surface area contributed by atoms with Gasteiger partial charge in [0.25, 0.3) is 5.69 Å². The van der Waals surface area contributed by atoms with Gasteiger partial charge in [0.05, 0.1) is 9.82 Å². The van der Waals surface area contributed by atoms with Crippen molar-refractivity contribution >= 4 is 21.6 Å². The fraction of sp³-hybridized carbons (Fsp3) is 0.667. The maximum atomic E-state index is 13.2. The van der Waals surface area contributed by atoms with E-state index in [9.17, 15) is 23.3 Å². The van der Waals surface area contributed by atoms with Crippen LogP contribution in [0.1, 0.15) is 37.8 Å². The number of nitrogens with one attached hydrogen (secondary N) is 1. The van der Waals surface area contributed by atoms with Gasteiger partial charge < -0.3 is 10.2 Å². The maximum absolute atomic E-state index is 13.2. The number of rotatable bonds is 8. The maximum Gasteiger partial charge on any atom is 0.271 e. The van der Waals surface area contributed by atoms with Crippen molar-refractivity contribution in [3.63, 3.8) is 0 Å². The molecule has 0 spiro atoms. The zero-order chi connectivity index (χ0) is 23.6. The molecule has 1 aromatic carbocycles. The third-order valence-electron chi connectivity index (χ3n) is 5.74. The van der Waals surface area contributed by atoms with Crippen molar-refractivity contribution in [3.8, 4) is 0 Å². The second-order valence-corrected chi connectivity index (χ2v) is 11.3. The van der Waals surface area contributed by atoms with Crippen molar-refractivity contribution in [1.82, 2.24) is 14.5 Å². The van der Waals surface area contributed by atoms with E-state index in [0.717, 1.165) is 12.6 Å². The topological polar surface area (TPSA) is 113 Å². The van der Waals surface area contributed by atoms with Gasteiger partial charge in [0.2, 0.25) is 15.9 Å². The Hall–Kier alpha value is -2.04. The molecule has 1 amide bonds. The number of amides is 1. The Bertz CT molecular complexity index is 935. The third kappa shape index (κ3) is 6.24. The zero-order valence-electron chi connectivity index (χ0n) is 19.3. The number of nitro groups is 1. The van der Waals surface area contributed by atoms with Crippen molar-refractivity contribution in [3.05, 3.63) is 33.4 Å². The van der Waals surface area contributed by atoms with Gasteiger partial charge in [0, 0.05) is 44.2 Å². The van der Waals surface area contributed by atoms with E-state index in [-0.39, 0.29) is 40.9 Å². The summed E-state index contributed by atoms with van der Waals surface area (Å²) in [4.78, 5) is 25.2. The van der Waals surface area contributed by atoms with E-state index in [1.807, 2.05) is 14.1 Å². The fourth-order valence-corrected chi connectivity index (χ4v) is 5.85. The fourth-order valence-electron chi connectivity index (χ4n) is 4.06. The second-order valence-electron chi connectivity index (χ2n) is 9.44. The SMILES string of the molecule is Cc1cc([N+](=O)[O-])cc(S(=O)(=O)N2CCC(C(=O)NCC(C)(C)CN(C)C)CC2)c1C. The first-order chi connectivity index (χ1) is 14.2. The van der Waals surface area contributed by atoms with E-state index in [1.54, 1.807) is 13.8 Å². The van der Waals surface area contributed by atoms with Gasteiger partial charge in [-0.15, -0.1) is 0 Å². The van der Waals surface area contributed by atoms with Crippen molar-refractivity contribution in [2.45, 2.75) is 45.4 Å². The van der Waals surface area contributed by atoms with Crippen LogP contribution in [0.2, 0.25) is 0 Å². The Labute approximate surface area is 185 Å². The standard InChI is InChI=1S/C21H34N4O5S/c1-15-11-18(25(27)28)12-19(16(15)2)31(29,30)24-9-7-17(8-10-24)20(26)22-13-21(3,4)14-23(5)6/h11-12,17H,7-10,13-14H2,1-6H3,(H,22,26). The summed E-state index contributed by atoms with van der Waals surface area (Å²) < 4.78 is 27.7. The Balaban J connectivity index is 2.05. The van der Waals surface area contributed by atoms with Crippen LogP contribution in [-0.4, -0.2) is 68.7 Å². The molecule has 1 aromatic rings. The van der Waals surface area contributed by atoms with Crippen LogP contribution in [0.4, 0.5) is 5.69 Å². The molecule has 31 heavy (non-hydrogen) atoms. The highest BCUT2D eigenvalue weighted by Crippen LogP contribution is 2.30. The van der Waals surface area contributed by atoms with Gasteiger partial charge in [-0.3, -0.25) is 14.9 Å². The van der Waals surface area contributed by atoms with Gasteiger partial charge in [0.15, 0.2) is 0 Å². The van der Waals surface area contributed by atoms with E-state index in [1.165, 1.54) is 10.4 Å². The molecule has 1 heterocycles. The monoisotopic (exact) mass is 454 g/mol. The lowest BCUT2D eigenvalue weighted by atomic mass is 9.91. The van der Waals surface area contributed by atoms with Crippen LogP contribution in [-0.2, 0) is 14.8 Å². The number of hydrogen-bond acceptors (Lipinski definition) is 6. The summed E-state index contributed by atoms with van der Waals surface area (Å²) in [5.74, 6) is -0.291. The van der Waals surface area contributed by atoms with Crippen LogP contribution < -0.4 is 5.32 Å². The van der Waals surface area contributed by atoms with Crippen LogP contribution >= 0.6 is 0 Å². The minimum Gasteiger partial charge on any atom is -0.355 e. The molecule has 1 aliphatic rings. The Kier molecular flexibility index (Phi) is 7.83. The molecule has 0 radical (unpaired) electrons. The van der Waals surface area contributed by atoms with Gasteiger partial charge in [-0.1, -0.05) is 13.8 Å². The predicted molar refractivity (Wildman–Crippen MR) is 119 cm³/mol. The molecule has 1 aliphatic heterocycles. The van der Waals surface area contributed by atoms with Crippen molar-refractivity contribution in [2.75, 3.05) is 40.3 Å². The van der Waals surface area contributed by atoms with Gasteiger partial charge in [-0.25, -0.2) is 8.42 Å². The molecule has 1 fully saturated rings. The quantitative estimate of drug-likeness (QED) is 0.476. The second kappa shape index (κ2) is 9.62. The van der Waals surface area contributed by atoms with Gasteiger partial charge in [-0.05, 0) is 57.3 Å². The first-order valence-electron chi connectivity index (χ1n) is 10.4. The van der Waals surface area contributed by atoms with Crippen LogP contribution in [0, 0.1) is 35.3 Å². The Morgan fingerprint density at radius 1 is 1.26 bits per heavy atom. The minimum atomic E-state index is -3.88. The van der Waals surface area contributed by atoms with Crippen LogP contribution in [0.5, 0.6) is 0 Å². The molecular weight excluding hydrogens is 420 g/mol. The lowest BCUT2D eigenvalue weighted by molar-refractivity contribution is -0.385. The summed E-state index contributed by atoms with van der Waals surface area (Å²) >= 11 is 0. The lowest BCUT2D eigenvalue weighted by Crippen LogP contribution is -2.46. The Morgan fingerprint density at radius 2 is 1.84 bits per heavy atom. The van der Waals surface area contributed by atoms with Crippen LogP contribution in [0.3, 0.4) is 0 Å². The molecule has 0 aliphatic carbocycles. The van der Waals surface area contributed by atoms with E-state index in [0.29, 0.717) is 30.5 Å². The van der Waals surface area contributed by atoms with Crippen LogP contribution in [0.25, 0.3) is 0 Å². The zero-order valence-corrected chi connectivity index (χ0v) is 20.1. The van der Waals surface area contributed by atoms with Crippen molar-refractivity contribution in [2.24, 2.45) is 11.3 Å². The number of aryl methyl sites for hydroxylation is 1. The van der Waals surface area contributed by atoms with Crippen LogP contribution in [0.15, 0.2) is 17.0 Å². The highest BCUT2D eigenvalue weighted by atomic mass is 32.2. The van der Waals surface area contributed by atoms with Crippen molar-refractivity contribution < 1.29 is 18.1 Å². The molecule has 0 aromatic heterocycles. The average molecular weight is 455 g/mol. The van der Waals surface area contributed by atoms with E-state index in [2.05, 4.69) is 24.1 Å². The number of sulfonamides is 1. The van der Waals surface area contributed by atoms with E-state index >= 15 is 0 Å². The predicted octanol–water partition coefficient (Wildman–Crippen LogP) is 2.32. The van der Waals surface area contributed by atoms with Gasteiger partial charge in [0.1, 0.15) is 0 Å². The molecule has 10 heteroatoms. The summed E-state index contributed by atoms with van der Waals surface area (Å²) in [5, 5.41) is 14.2. The first-order valence-corrected chi connectivity index (χ1v) is 11.9. The van der Waals surface area contributed by atoms with Crippen molar-refractivity contribution in [1.29, 1.82) is 0 Å². The summed E-state index contributed by atoms with van der Waals surface area (Å²) in [7, 11) is 0.103. The van der Waals surface area contributed by atoms with Gasteiger partial charge >= 0.3 is 0 Å². The smallest absolute Gasteiger partial charge is 0.271 e. The summed E-state index contributed by atoms with van der Waals surface area (Å²) in [6.07, 6.45) is 0.845. The number of piperidine rings is 1. The molecule has 0 bridgehead atoms. The third-order valence-corrected chi connectivity index (χ3v) is 7.77. The summed E-state index contributed by atoms with van der Waals surface area (Å²) in [5.41, 5.74) is 0.757. The molecule has 1 saturated heterocycles. The lowest BCUT2D eigenvalue weighted by Gasteiger charge is -2.32. The molecular formula is C21H34N4O5S. The van der Waals surface area contributed by atoms with E-state index in [4.69, 9.17) is 0 Å².